The van der Waals surface area contributed by atoms with E-state index in [1.807, 2.05) is 18.2 Å². The number of amides is 2. The van der Waals surface area contributed by atoms with E-state index >= 15 is 0 Å². The lowest BCUT2D eigenvalue weighted by Crippen LogP contribution is -2.44. The summed E-state index contributed by atoms with van der Waals surface area (Å²) in [5.74, 6) is 0.870. The molecule has 32 heavy (non-hydrogen) atoms. The number of H-pyrrole nitrogens is 1. The van der Waals surface area contributed by atoms with Crippen LogP contribution in [-0.2, 0) is 22.4 Å². The molecule has 0 unspecified atom stereocenters. The number of rotatable bonds is 9. The number of hydrogen-bond acceptors (Lipinski definition) is 4. The number of hydrogen-bond donors (Lipinski definition) is 3. The Balaban J connectivity index is 1.29. The molecule has 3 aromatic rings. The van der Waals surface area contributed by atoms with Gasteiger partial charge < -0.3 is 15.6 Å². The number of aromatic nitrogens is 2. The number of nitrogens with zero attached hydrogens (tertiary/aromatic N) is 1. The first-order valence-electron chi connectivity index (χ1n) is 10.8. The van der Waals surface area contributed by atoms with Gasteiger partial charge in [0.2, 0.25) is 11.8 Å². The molecular formula is C24H27ClN4O2S. The lowest BCUT2D eigenvalue weighted by atomic mass is 9.85. The Kier molecular flexibility index (Phi) is 7.06. The van der Waals surface area contributed by atoms with Gasteiger partial charge in [0.25, 0.3) is 0 Å². The first kappa shape index (κ1) is 22.7. The molecule has 1 saturated heterocycles. The van der Waals surface area contributed by atoms with Crippen molar-refractivity contribution in [3.05, 3.63) is 58.9 Å². The smallest absolute Gasteiger partial charge is 0.220 e. The van der Waals surface area contributed by atoms with Gasteiger partial charge in [0.1, 0.15) is 5.82 Å². The van der Waals surface area contributed by atoms with Crippen LogP contribution in [0.2, 0.25) is 5.02 Å². The van der Waals surface area contributed by atoms with E-state index in [1.165, 1.54) is 10.5 Å². The number of halogens is 1. The van der Waals surface area contributed by atoms with Crippen molar-refractivity contribution in [1.82, 2.24) is 20.6 Å². The standard InChI is InChI=1S/C24H27ClN4O2S/c1-32-18-5-2-16(3-6-18)15-24(12-9-23(31)29-24)11-8-22(30)26-13-10-21-27-19-7-4-17(25)14-20(19)28-21/h2-7,14H,8-13,15H2,1H3,(H,26,30)(H,27,28)(H,29,31)/t24-/m1/s1. The fourth-order valence-corrected chi connectivity index (χ4v) is 4.81. The highest BCUT2D eigenvalue weighted by Gasteiger charge is 2.37. The second-order valence-electron chi connectivity index (χ2n) is 8.30. The number of carbonyl (C=O) groups is 2. The van der Waals surface area contributed by atoms with Crippen LogP contribution in [0.5, 0.6) is 0 Å². The van der Waals surface area contributed by atoms with Crippen molar-refractivity contribution >= 4 is 46.2 Å². The minimum absolute atomic E-state index is 0.0117. The summed E-state index contributed by atoms with van der Waals surface area (Å²) in [7, 11) is 0. The van der Waals surface area contributed by atoms with Crippen LogP contribution < -0.4 is 10.6 Å². The minimum Gasteiger partial charge on any atom is -0.356 e. The molecule has 2 heterocycles. The molecule has 1 aromatic heterocycles. The van der Waals surface area contributed by atoms with E-state index < -0.39 is 0 Å². The average Bonchev–Trinajstić information content (AvgIpc) is 3.35. The third kappa shape index (κ3) is 5.64. The van der Waals surface area contributed by atoms with Crippen molar-refractivity contribution in [1.29, 1.82) is 0 Å². The summed E-state index contributed by atoms with van der Waals surface area (Å²) >= 11 is 7.72. The predicted octanol–water partition coefficient (Wildman–Crippen LogP) is 4.27. The molecule has 1 atom stereocenters. The normalized spacial score (nSPS) is 18.1. The van der Waals surface area contributed by atoms with E-state index in [-0.39, 0.29) is 17.4 Å². The first-order valence-corrected chi connectivity index (χ1v) is 12.4. The molecule has 1 aliphatic heterocycles. The van der Waals surface area contributed by atoms with E-state index in [2.05, 4.69) is 51.1 Å². The summed E-state index contributed by atoms with van der Waals surface area (Å²) in [5.41, 5.74) is 2.58. The fraction of sp³-hybridized carbons (Fsp3) is 0.375. The number of nitrogens with one attached hydrogen (secondary N) is 3. The van der Waals surface area contributed by atoms with E-state index in [1.54, 1.807) is 11.8 Å². The third-order valence-corrected chi connectivity index (χ3v) is 6.92. The summed E-state index contributed by atoms with van der Waals surface area (Å²) < 4.78 is 0. The lowest BCUT2D eigenvalue weighted by Gasteiger charge is -2.29. The third-order valence-electron chi connectivity index (χ3n) is 5.94. The molecule has 2 aromatic carbocycles. The van der Waals surface area contributed by atoms with Gasteiger partial charge in [0.05, 0.1) is 11.0 Å². The number of carbonyl (C=O) groups excluding carboxylic acids is 2. The molecule has 1 fully saturated rings. The van der Waals surface area contributed by atoms with Crippen molar-refractivity contribution in [2.75, 3.05) is 12.8 Å². The van der Waals surface area contributed by atoms with Gasteiger partial charge in [-0.15, -0.1) is 11.8 Å². The molecule has 0 radical (unpaired) electrons. The minimum atomic E-state index is -0.354. The van der Waals surface area contributed by atoms with Crippen molar-refractivity contribution in [3.63, 3.8) is 0 Å². The van der Waals surface area contributed by atoms with Gasteiger partial charge >= 0.3 is 0 Å². The molecule has 8 heteroatoms. The van der Waals surface area contributed by atoms with Gasteiger partial charge in [0, 0.05) is 41.3 Å². The Labute approximate surface area is 196 Å². The highest BCUT2D eigenvalue weighted by atomic mass is 35.5. The number of aromatic amines is 1. The summed E-state index contributed by atoms with van der Waals surface area (Å²) in [6.45, 7) is 0.502. The van der Waals surface area contributed by atoms with Crippen molar-refractivity contribution in [2.45, 2.75) is 49.0 Å². The monoisotopic (exact) mass is 470 g/mol. The first-order chi connectivity index (χ1) is 15.4. The van der Waals surface area contributed by atoms with Crippen molar-refractivity contribution in [2.24, 2.45) is 0 Å². The Bertz CT molecular complexity index is 1110. The summed E-state index contributed by atoms with van der Waals surface area (Å²) in [4.78, 5) is 33.5. The van der Waals surface area contributed by atoms with Crippen LogP contribution in [0.3, 0.4) is 0 Å². The van der Waals surface area contributed by atoms with Crippen LogP contribution in [0, 0.1) is 0 Å². The summed E-state index contributed by atoms with van der Waals surface area (Å²) in [5, 5.41) is 6.79. The van der Waals surface area contributed by atoms with Gasteiger partial charge in [-0.1, -0.05) is 23.7 Å². The second kappa shape index (κ2) is 9.96. The van der Waals surface area contributed by atoms with Gasteiger partial charge in [-0.2, -0.15) is 0 Å². The van der Waals surface area contributed by atoms with Crippen LogP contribution >= 0.6 is 23.4 Å². The fourth-order valence-electron chi connectivity index (χ4n) is 4.23. The van der Waals surface area contributed by atoms with Crippen LogP contribution in [0.25, 0.3) is 11.0 Å². The molecule has 168 valence electrons. The van der Waals surface area contributed by atoms with Crippen LogP contribution in [0.15, 0.2) is 47.4 Å². The van der Waals surface area contributed by atoms with Crippen molar-refractivity contribution in [3.8, 4) is 0 Å². The Morgan fingerprint density at radius 1 is 1.25 bits per heavy atom. The zero-order valence-corrected chi connectivity index (χ0v) is 19.6. The molecule has 0 aliphatic carbocycles. The number of fused-ring (bicyclic) bond motifs is 1. The number of benzene rings is 2. The second-order valence-corrected chi connectivity index (χ2v) is 9.61. The lowest BCUT2D eigenvalue weighted by molar-refractivity contribution is -0.122. The summed E-state index contributed by atoms with van der Waals surface area (Å²) in [6, 6.07) is 13.9. The molecule has 0 spiro atoms. The van der Waals surface area contributed by atoms with Crippen LogP contribution in [0.1, 0.15) is 37.1 Å². The number of imidazole rings is 1. The maximum Gasteiger partial charge on any atom is 0.220 e. The number of thioether (sulfide) groups is 1. The maximum absolute atomic E-state index is 12.5. The van der Waals surface area contributed by atoms with E-state index in [4.69, 9.17) is 11.6 Å². The van der Waals surface area contributed by atoms with Crippen LogP contribution in [0.4, 0.5) is 0 Å². The molecule has 0 bridgehead atoms. The van der Waals surface area contributed by atoms with Gasteiger partial charge in [0.15, 0.2) is 0 Å². The summed E-state index contributed by atoms with van der Waals surface area (Å²) in [6.07, 6.45) is 5.67. The van der Waals surface area contributed by atoms with E-state index in [9.17, 15) is 9.59 Å². The SMILES string of the molecule is CSc1ccc(C[C@@]2(CCC(=O)NCCc3nc4ccc(Cl)cc4[nH]3)CCC(=O)N2)cc1. The molecular weight excluding hydrogens is 444 g/mol. The highest BCUT2D eigenvalue weighted by Crippen LogP contribution is 2.30. The van der Waals surface area contributed by atoms with Crippen LogP contribution in [-0.4, -0.2) is 40.1 Å². The Hall–Kier alpha value is -2.51. The molecule has 1 aliphatic rings. The largest absolute Gasteiger partial charge is 0.356 e. The zero-order chi connectivity index (χ0) is 22.6. The topological polar surface area (TPSA) is 86.9 Å². The maximum atomic E-state index is 12.5. The zero-order valence-electron chi connectivity index (χ0n) is 18.0. The quantitative estimate of drug-likeness (QED) is 0.407. The van der Waals surface area contributed by atoms with Crippen molar-refractivity contribution < 1.29 is 9.59 Å². The Morgan fingerprint density at radius 3 is 2.78 bits per heavy atom. The van der Waals surface area contributed by atoms with Gasteiger partial charge in [-0.3, -0.25) is 9.59 Å². The predicted molar refractivity (Wildman–Crippen MR) is 129 cm³/mol. The average molecular weight is 471 g/mol. The molecule has 2 amide bonds. The molecule has 3 N–H and O–H groups in total. The highest BCUT2D eigenvalue weighted by molar-refractivity contribution is 7.98. The molecule has 4 rings (SSSR count). The van der Waals surface area contributed by atoms with Gasteiger partial charge in [-0.05, 0) is 61.4 Å². The van der Waals surface area contributed by atoms with Gasteiger partial charge in [-0.25, -0.2) is 4.98 Å². The Morgan fingerprint density at radius 2 is 2.06 bits per heavy atom. The molecule has 0 saturated carbocycles. The molecule has 6 nitrogen and oxygen atoms in total. The van der Waals surface area contributed by atoms with E-state index in [0.717, 1.165) is 29.7 Å². The van der Waals surface area contributed by atoms with E-state index in [0.29, 0.717) is 37.3 Å².